The second-order valence-electron chi connectivity index (χ2n) is 9.19. The predicted molar refractivity (Wildman–Crippen MR) is 121 cm³/mol. The molecule has 0 bridgehead atoms. The Hall–Kier alpha value is 0.820. The second kappa shape index (κ2) is 10.7. The molecule has 3 aliphatic rings. The normalized spacial score (nSPS) is 27.7. The van der Waals surface area contributed by atoms with E-state index in [4.69, 9.17) is 22.0 Å². The molecule has 6 heteroatoms. The number of hydrogen-bond donors (Lipinski definition) is 0. The van der Waals surface area contributed by atoms with Gasteiger partial charge in [0.05, 0.1) is 0 Å². The Morgan fingerprint density at radius 2 is 1.78 bits per heavy atom. The Morgan fingerprint density at radius 3 is 2.26 bits per heavy atom. The molecule has 1 heterocycles. The van der Waals surface area contributed by atoms with Crippen molar-refractivity contribution in [1.29, 1.82) is 0 Å². The molecule has 2 atom stereocenters. The standard InChI is InChI=1S/C20H33N2Si.CH3.2ClH.Zr/c1-19(2,3)21-23(4,5)17-15-18(22-13-9-10-14-22)20(16-17)11-7-6-8-12-20;;;;/h6-8,11,15,18H,9-10,12-14,16H2,1-5H3;1H3;2*1H;/q2*-1;;;+4/p-2. The quantitative estimate of drug-likeness (QED) is 0.297. The van der Waals surface area contributed by atoms with Crippen molar-refractivity contribution in [2.45, 2.75) is 71.1 Å². The molecule has 0 aromatic heterocycles. The van der Waals surface area contributed by atoms with Crippen molar-refractivity contribution < 1.29 is 20.8 Å². The third kappa shape index (κ3) is 6.93. The molecule has 0 N–H and O–H groups in total. The predicted octanol–water partition coefficient (Wildman–Crippen LogP) is 7.03. The van der Waals surface area contributed by atoms with Crippen LogP contribution in [0.3, 0.4) is 0 Å². The van der Waals surface area contributed by atoms with Crippen LogP contribution in [0.25, 0.3) is 4.98 Å². The van der Waals surface area contributed by atoms with Crippen LogP contribution in [-0.4, -0.2) is 37.8 Å². The first kappa shape index (κ1) is 25.9. The van der Waals surface area contributed by atoms with Gasteiger partial charge in [-0.2, -0.15) is 0 Å². The van der Waals surface area contributed by atoms with Crippen molar-refractivity contribution >= 4 is 25.3 Å². The molecular formula is C21H36Cl2N2SiZr. The zero-order chi connectivity index (χ0) is 19.4. The van der Waals surface area contributed by atoms with Crippen LogP contribution in [0.4, 0.5) is 0 Å². The summed E-state index contributed by atoms with van der Waals surface area (Å²) in [6, 6.07) is 0.586. The molecule has 1 fully saturated rings. The fraction of sp³-hybridized carbons (Fsp3) is 0.667. The van der Waals surface area contributed by atoms with E-state index in [1.807, 2.05) is 0 Å². The summed E-state index contributed by atoms with van der Waals surface area (Å²) in [7, 11) is 8.16. The van der Waals surface area contributed by atoms with Crippen LogP contribution in [0, 0.1) is 12.8 Å². The van der Waals surface area contributed by atoms with Gasteiger partial charge in [-0.15, -0.1) is 10.7 Å². The Balaban J connectivity index is 0.000000855. The van der Waals surface area contributed by atoms with Gasteiger partial charge in [-0.1, -0.05) is 64.2 Å². The van der Waals surface area contributed by atoms with Crippen molar-refractivity contribution in [3.63, 3.8) is 0 Å². The number of allylic oxidation sites excluding steroid dienone is 4. The summed E-state index contributed by atoms with van der Waals surface area (Å²) in [4.78, 5) is 8.01. The second-order valence-corrected chi connectivity index (χ2v) is 16.9. The van der Waals surface area contributed by atoms with Crippen molar-refractivity contribution in [2.24, 2.45) is 5.41 Å². The Morgan fingerprint density at radius 1 is 1.19 bits per heavy atom. The summed E-state index contributed by atoms with van der Waals surface area (Å²) in [6.07, 6.45) is 17.1. The monoisotopic (exact) mass is 504 g/mol. The van der Waals surface area contributed by atoms with Crippen LogP contribution in [0.2, 0.25) is 13.1 Å². The molecule has 2 unspecified atom stereocenters. The number of rotatable bonds is 3. The molecule has 3 rings (SSSR count). The maximum atomic E-state index is 5.27. The molecule has 0 radical (unpaired) electrons. The number of hydrogen-bond acceptors (Lipinski definition) is 1. The third-order valence-corrected chi connectivity index (χ3v) is 8.72. The first-order valence-corrected chi connectivity index (χ1v) is 18.9. The molecule has 152 valence electrons. The number of halogens is 2. The third-order valence-electron chi connectivity index (χ3n) is 5.58. The maximum absolute atomic E-state index is 5.27. The average Bonchev–Trinajstić information content (AvgIpc) is 3.15. The first-order chi connectivity index (χ1) is 12.1. The molecule has 27 heavy (non-hydrogen) atoms. The summed E-state index contributed by atoms with van der Waals surface area (Å²) in [5.74, 6) is 0. The van der Waals surface area contributed by atoms with Crippen molar-refractivity contribution in [3.8, 4) is 0 Å². The number of nitrogens with zero attached hydrogens (tertiary/aromatic N) is 2. The fourth-order valence-electron chi connectivity index (χ4n) is 4.73. The fourth-order valence-corrected chi connectivity index (χ4v) is 7.87. The van der Waals surface area contributed by atoms with Crippen LogP contribution >= 0.6 is 17.0 Å². The molecule has 1 spiro atoms. The van der Waals surface area contributed by atoms with E-state index < -0.39 is 29.1 Å². The van der Waals surface area contributed by atoms with Gasteiger partial charge in [-0.05, 0) is 47.0 Å². The minimum absolute atomic E-state index is 0. The van der Waals surface area contributed by atoms with Gasteiger partial charge in [0, 0.05) is 11.5 Å². The number of likely N-dealkylation sites (tertiary alicyclic amines) is 1. The molecule has 0 aromatic rings. The van der Waals surface area contributed by atoms with Crippen molar-refractivity contribution in [2.75, 3.05) is 13.1 Å². The van der Waals surface area contributed by atoms with Gasteiger partial charge in [0.15, 0.2) is 0 Å². The van der Waals surface area contributed by atoms with E-state index >= 15 is 0 Å². The van der Waals surface area contributed by atoms with E-state index in [0.717, 1.165) is 0 Å². The van der Waals surface area contributed by atoms with E-state index in [0.29, 0.717) is 11.5 Å². The summed E-state index contributed by atoms with van der Waals surface area (Å²) < 4.78 is 0. The average molecular weight is 507 g/mol. The van der Waals surface area contributed by atoms with Crippen LogP contribution in [0.15, 0.2) is 35.6 Å². The van der Waals surface area contributed by atoms with Crippen LogP contribution in [0.1, 0.15) is 46.5 Å². The van der Waals surface area contributed by atoms with Crippen LogP contribution < -0.4 is 0 Å². The Kier molecular flexibility index (Phi) is 10.3. The molecule has 0 amide bonds. The summed E-state index contributed by atoms with van der Waals surface area (Å²) in [5, 5.41) is 1.67. The molecule has 0 aromatic carbocycles. The molecule has 2 aliphatic carbocycles. The van der Waals surface area contributed by atoms with Gasteiger partial charge in [0.1, 0.15) is 0 Å². The van der Waals surface area contributed by atoms with Crippen LogP contribution in [0.5, 0.6) is 0 Å². The van der Waals surface area contributed by atoms with Crippen LogP contribution in [-0.2, 0) is 20.8 Å². The summed E-state index contributed by atoms with van der Waals surface area (Å²) in [6.45, 7) is 14.1. The van der Waals surface area contributed by atoms with E-state index in [-0.39, 0.29) is 13.0 Å². The molecular weight excluding hydrogens is 470 g/mol. The van der Waals surface area contributed by atoms with Crippen molar-refractivity contribution in [1.82, 2.24) is 4.90 Å². The van der Waals surface area contributed by atoms with Gasteiger partial charge in [0.2, 0.25) is 0 Å². The van der Waals surface area contributed by atoms with Gasteiger partial charge in [0.25, 0.3) is 0 Å². The van der Waals surface area contributed by atoms with E-state index in [1.165, 1.54) is 38.8 Å². The topological polar surface area (TPSA) is 17.3 Å². The van der Waals surface area contributed by atoms with E-state index in [2.05, 4.69) is 69.1 Å². The zero-order valence-electron chi connectivity index (χ0n) is 17.9. The SMILES string of the molecule is CC(C)(C)[N-][Si](C)(C)C1=CC(N2CCCC2)C2(C=CC=CC2)C1.[CH3-].[Cl][Zr+2][Cl]. The molecule has 1 aliphatic heterocycles. The zero-order valence-corrected chi connectivity index (χ0v) is 22.8. The summed E-state index contributed by atoms with van der Waals surface area (Å²) in [5.41, 5.74) is 0.365. The first-order valence-electron chi connectivity index (χ1n) is 9.63. The summed E-state index contributed by atoms with van der Waals surface area (Å²) >= 11 is -0.826. The Bertz CT molecular complexity index is 563. The van der Waals surface area contributed by atoms with Gasteiger partial charge in [-0.3, -0.25) is 4.90 Å². The molecule has 0 saturated carbocycles. The van der Waals surface area contributed by atoms with E-state index in [9.17, 15) is 0 Å². The Labute approximate surface area is 187 Å². The van der Waals surface area contributed by atoms with Gasteiger partial charge >= 0.3 is 37.9 Å². The minimum atomic E-state index is -1.71. The van der Waals surface area contributed by atoms with Gasteiger partial charge in [-0.25, -0.2) is 0 Å². The van der Waals surface area contributed by atoms with E-state index in [1.54, 1.807) is 5.20 Å². The van der Waals surface area contributed by atoms with Gasteiger partial charge < -0.3 is 12.4 Å². The molecule has 1 saturated heterocycles. The molecule has 2 nitrogen and oxygen atoms in total. The van der Waals surface area contributed by atoms with Crippen molar-refractivity contribution in [3.05, 3.63) is 48.0 Å².